The third-order valence-electron chi connectivity index (χ3n) is 6.09. The van der Waals surface area contributed by atoms with Crippen molar-refractivity contribution in [1.82, 2.24) is 24.7 Å². The van der Waals surface area contributed by atoms with Gasteiger partial charge in [0.2, 0.25) is 17.8 Å². The highest BCUT2D eigenvalue weighted by atomic mass is 19.1. The van der Waals surface area contributed by atoms with Crippen molar-refractivity contribution in [3.8, 4) is 0 Å². The highest BCUT2D eigenvalue weighted by Gasteiger charge is 2.35. The molecule has 3 aromatic heterocycles. The number of fused-ring (bicyclic) bond motifs is 1. The molecule has 0 fully saturated rings. The van der Waals surface area contributed by atoms with Crippen molar-refractivity contribution < 1.29 is 9.18 Å². The van der Waals surface area contributed by atoms with Crippen LogP contribution in [0.4, 0.5) is 21.8 Å². The number of rotatable bonds is 7. The summed E-state index contributed by atoms with van der Waals surface area (Å²) in [6.07, 6.45) is 3.73. The third-order valence-corrected chi connectivity index (χ3v) is 6.09. The summed E-state index contributed by atoms with van der Waals surface area (Å²) < 4.78 is 15.4. The van der Waals surface area contributed by atoms with E-state index in [0.29, 0.717) is 47.5 Å². The van der Waals surface area contributed by atoms with E-state index in [1.54, 1.807) is 16.9 Å². The summed E-state index contributed by atoms with van der Waals surface area (Å²) in [5.41, 5.74) is 4.44. The number of hydrogen-bond donors (Lipinski definition) is 1. The van der Waals surface area contributed by atoms with Crippen LogP contribution in [0.25, 0.3) is 5.57 Å². The summed E-state index contributed by atoms with van der Waals surface area (Å²) in [4.78, 5) is 29.8. The summed E-state index contributed by atoms with van der Waals surface area (Å²) in [5.74, 6) is 0.842. The zero-order valence-electron chi connectivity index (χ0n) is 21.0. The van der Waals surface area contributed by atoms with Crippen LogP contribution in [0.3, 0.4) is 0 Å². The summed E-state index contributed by atoms with van der Waals surface area (Å²) in [6, 6.07) is 2.76. The number of carbonyl (C=O) groups is 1. The summed E-state index contributed by atoms with van der Waals surface area (Å²) in [5, 5.41) is 7.44. The molecule has 9 nitrogen and oxygen atoms in total. The Morgan fingerprint density at radius 3 is 2.71 bits per heavy atom. The van der Waals surface area contributed by atoms with Crippen LogP contribution in [0.5, 0.6) is 0 Å². The number of aromatic nitrogens is 5. The molecular weight excluding hydrogens is 447 g/mol. The molecule has 1 aliphatic heterocycles. The number of halogens is 1. The molecule has 0 aliphatic carbocycles. The van der Waals surface area contributed by atoms with E-state index in [0.717, 1.165) is 11.1 Å². The number of anilines is 3. The van der Waals surface area contributed by atoms with E-state index in [1.165, 1.54) is 6.07 Å². The number of amides is 1. The number of hydrogen-bond acceptors (Lipinski definition) is 7. The van der Waals surface area contributed by atoms with Crippen molar-refractivity contribution in [3.05, 3.63) is 59.6 Å². The minimum atomic E-state index is -0.528. The Balaban J connectivity index is 1.53. The molecule has 0 unspecified atom stereocenters. The van der Waals surface area contributed by atoms with Gasteiger partial charge in [0.05, 0.1) is 24.1 Å². The highest BCUT2D eigenvalue weighted by Crippen LogP contribution is 2.34. The van der Waals surface area contributed by atoms with Gasteiger partial charge in [0.15, 0.2) is 5.82 Å². The SMILES string of the molecule is C=C(C)c1nc(F)ccc1Cn1cc(CN(C)c2nc(C)c3c(n2)N(C)[C@@H](C(C)C)C(=O)N3)cn1. The fourth-order valence-electron chi connectivity index (χ4n) is 4.43. The van der Waals surface area contributed by atoms with Gasteiger partial charge in [0.25, 0.3) is 0 Å². The van der Waals surface area contributed by atoms with Gasteiger partial charge in [-0.05, 0) is 37.0 Å². The third kappa shape index (κ3) is 4.87. The molecule has 0 radical (unpaired) electrons. The van der Waals surface area contributed by atoms with Gasteiger partial charge in [-0.2, -0.15) is 14.5 Å². The average molecular weight is 479 g/mol. The first-order valence-corrected chi connectivity index (χ1v) is 11.5. The fourth-order valence-corrected chi connectivity index (χ4v) is 4.43. The van der Waals surface area contributed by atoms with E-state index in [1.807, 2.05) is 57.8 Å². The molecular formula is C25H31FN8O. The quantitative estimate of drug-likeness (QED) is 0.518. The molecule has 10 heteroatoms. The van der Waals surface area contributed by atoms with Crippen molar-refractivity contribution >= 4 is 28.9 Å². The van der Waals surface area contributed by atoms with Gasteiger partial charge in [0.1, 0.15) is 11.7 Å². The van der Waals surface area contributed by atoms with Crippen molar-refractivity contribution in [1.29, 1.82) is 0 Å². The highest BCUT2D eigenvalue weighted by molar-refractivity contribution is 6.03. The second-order valence-corrected chi connectivity index (χ2v) is 9.42. The van der Waals surface area contributed by atoms with Gasteiger partial charge in [-0.1, -0.05) is 26.5 Å². The topological polar surface area (TPSA) is 92.1 Å². The first-order chi connectivity index (χ1) is 16.5. The molecule has 0 saturated heterocycles. The van der Waals surface area contributed by atoms with E-state index >= 15 is 0 Å². The molecule has 4 rings (SSSR count). The first kappa shape index (κ1) is 24.3. The van der Waals surface area contributed by atoms with Crippen LogP contribution in [-0.2, 0) is 17.9 Å². The molecule has 1 aliphatic rings. The standard InChI is InChI=1S/C25H31FN8O/c1-14(2)20-18(8-9-19(26)29-20)13-34-12-17(10-27-34)11-32(6)25-28-16(5)21-23(31-25)33(7)22(15(3)4)24(35)30-21/h8-10,12,15,22H,1,11,13H2,2-7H3,(H,30,35)/t22-/m0/s1. The average Bonchev–Trinajstić information content (AvgIpc) is 3.21. The normalized spacial score (nSPS) is 15.3. The fraction of sp³-hybridized carbons (Fsp3) is 0.400. The predicted molar refractivity (Wildman–Crippen MR) is 135 cm³/mol. The zero-order chi connectivity index (χ0) is 25.4. The van der Waals surface area contributed by atoms with Crippen molar-refractivity contribution in [2.24, 2.45) is 5.92 Å². The second kappa shape index (κ2) is 9.44. The Morgan fingerprint density at radius 1 is 1.29 bits per heavy atom. The predicted octanol–water partition coefficient (Wildman–Crippen LogP) is 3.65. The van der Waals surface area contributed by atoms with Gasteiger partial charge in [-0.25, -0.2) is 9.97 Å². The maximum Gasteiger partial charge on any atom is 0.247 e. The number of nitrogens with zero attached hydrogens (tertiary/aromatic N) is 7. The van der Waals surface area contributed by atoms with Crippen molar-refractivity contribution in [2.75, 3.05) is 29.2 Å². The molecule has 0 aromatic carbocycles. The van der Waals surface area contributed by atoms with E-state index in [-0.39, 0.29) is 17.9 Å². The van der Waals surface area contributed by atoms with Crippen LogP contribution in [-0.4, -0.2) is 50.8 Å². The van der Waals surface area contributed by atoms with Crippen LogP contribution in [0.1, 0.15) is 43.3 Å². The zero-order valence-corrected chi connectivity index (χ0v) is 21.0. The minimum absolute atomic E-state index is 0.0404. The molecule has 1 amide bonds. The van der Waals surface area contributed by atoms with Crippen LogP contribution < -0.4 is 15.1 Å². The Hall–Kier alpha value is -3.82. The lowest BCUT2D eigenvalue weighted by molar-refractivity contribution is -0.118. The molecule has 0 saturated carbocycles. The molecule has 184 valence electrons. The van der Waals surface area contributed by atoms with Crippen molar-refractivity contribution in [2.45, 2.75) is 46.8 Å². The van der Waals surface area contributed by atoms with Crippen LogP contribution in [0.2, 0.25) is 0 Å². The molecule has 0 spiro atoms. The van der Waals surface area contributed by atoms with Gasteiger partial charge >= 0.3 is 0 Å². The maximum atomic E-state index is 13.6. The lowest BCUT2D eigenvalue weighted by Crippen LogP contribution is -2.49. The molecule has 4 heterocycles. The number of nitrogens with one attached hydrogen (secondary N) is 1. The minimum Gasteiger partial charge on any atom is -0.345 e. The molecule has 1 N–H and O–H groups in total. The van der Waals surface area contributed by atoms with Gasteiger partial charge in [-0.15, -0.1) is 0 Å². The van der Waals surface area contributed by atoms with Gasteiger partial charge < -0.3 is 15.1 Å². The molecule has 1 atom stereocenters. The van der Waals surface area contributed by atoms with Gasteiger partial charge in [-0.3, -0.25) is 9.48 Å². The Kier molecular flexibility index (Phi) is 6.56. The van der Waals surface area contributed by atoms with Crippen LogP contribution in [0, 0.1) is 18.8 Å². The maximum absolute atomic E-state index is 13.6. The Bertz CT molecular complexity index is 1280. The smallest absolute Gasteiger partial charge is 0.247 e. The Morgan fingerprint density at radius 2 is 2.03 bits per heavy atom. The van der Waals surface area contributed by atoms with Crippen LogP contribution in [0.15, 0.2) is 31.1 Å². The van der Waals surface area contributed by atoms with E-state index in [4.69, 9.17) is 4.98 Å². The monoisotopic (exact) mass is 478 g/mol. The lowest BCUT2D eigenvalue weighted by atomic mass is 9.99. The number of pyridine rings is 1. The second-order valence-electron chi connectivity index (χ2n) is 9.42. The molecule has 3 aromatic rings. The van der Waals surface area contributed by atoms with Crippen molar-refractivity contribution in [3.63, 3.8) is 0 Å². The van der Waals surface area contributed by atoms with Crippen LogP contribution >= 0.6 is 0 Å². The molecule has 0 bridgehead atoms. The lowest BCUT2D eigenvalue weighted by Gasteiger charge is -2.37. The first-order valence-electron chi connectivity index (χ1n) is 11.5. The number of aryl methyl sites for hydroxylation is 1. The van der Waals surface area contributed by atoms with E-state index in [9.17, 15) is 9.18 Å². The number of likely N-dealkylation sites (N-methyl/N-ethyl adjacent to an activating group) is 1. The summed E-state index contributed by atoms with van der Waals surface area (Å²) in [7, 11) is 3.81. The summed E-state index contributed by atoms with van der Waals surface area (Å²) >= 11 is 0. The molecule has 35 heavy (non-hydrogen) atoms. The number of carbonyl (C=O) groups excluding carboxylic acids is 1. The number of allylic oxidation sites excluding steroid dienone is 1. The Labute approximate surface area is 204 Å². The largest absolute Gasteiger partial charge is 0.345 e. The summed E-state index contributed by atoms with van der Waals surface area (Å²) in [6.45, 7) is 12.6. The van der Waals surface area contributed by atoms with E-state index in [2.05, 4.69) is 27.0 Å². The van der Waals surface area contributed by atoms with E-state index < -0.39 is 5.95 Å². The van der Waals surface area contributed by atoms with Gasteiger partial charge in [0, 0.05) is 32.4 Å².